The largest absolute Gasteiger partial charge is 0.304 e. The molecule has 102 valence electrons. The maximum atomic E-state index is 12.2. The Morgan fingerprint density at radius 1 is 1.26 bits per heavy atom. The zero-order valence-corrected chi connectivity index (χ0v) is 11.9. The van der Waals surface area contributed by atoms with Crippen LogP contribution in [0.15, 0.2) is 22.6 Å². The van der Waals surface area contributed by atoms with Gasteiger partial charge in [-0.1, -0.05) is 0 Å². The van der Waals surface area contributed by atoms with Gasteiger partial charge in [0.1, 0.15) is 4.70 Å². The molecular weight excluding hydrogens is 260 g/mol. The minimum Gasteiger partial charge on any atom is -0.304 e. The van der Waals surface area contributed by atoms with Crippen LogP contribution in [-0.4, -0.2) is 59.1 Å². The molecule has 0 N–H and O–H groups in total. The lowest BCUT2D eigenvalue weighted by atomic mass is 10.3. The molecule has 1 saturated heterocycles. The van der Waals surface area contributed by atoms with Crippen LogP contribution in [-0.2, 0) is 6.54 Å². The first-order chi connectivity index (χ1) is 9.24. The average molecular weight is 278 g/mol. The second-order valence-electron chi connectivity index (χ2n) is 5.02. The molecule has 5 nitrogen and oxygen atoms in total. The van der Waals surface area contributed by atoms with Crippen LogP contribution in [0.5, 0.6) is 0 Å². The maximum absolute atomic E-state index is 12.2. The Morgan fingerprint density at radius 2 is 2.05 bits per heavy atom. The van der Waals surface area contributed by atoms with Gasteiger partial charge in [0, 0.05) is 39.3 Å². The molecule has 1 aliphatic rings. The van der Waals surface area contributed by atoms with Gasteiger partial charge in [-0.25, -0.2) is 4.98 Å². The summed E-state index contributed by atoms with van der Waals surface area (Å²) >= 11 is 1.47. The van der Waals surface area contributed by atoms with Crippen molar-refractivity contribution in [3.05, 3.63) is 28.1 Å². The SMILES string of the molecule is CN1CCN(CCn2cnc3ccsc3c2=O)CC1. The van der Waals surface area contributed by atoms with Crippen LogP contribution in [0.4, 0.5) is 0 Å². The third-order valence-corrected chi connectivity index (χ3v) is 4.58. The van der Waals surface area contributed by atoms with E-state index in [1.54, 1.807) is 10.9 Å². The minimum atomic E-state index is 0.0918. The summed E-state index contributed by atoms with van der Waals surface area (Å²) in [5, 5.41) is 1.92. The molecule has 0 amide bonds. The molecule has 0 aromatic carbocycles. The third-order valence-electron chi connectivity index (χ3n) is 3.69. The number of rotatable bonds is 3. The highest BCUT2D eigenvalue weighted by Crippen LogP contribution is 2.13. The van der Waals surface area contributed by atoms with E-state index in [0.29, 0.717) is 0 Å². The van der Waals surface area contributed by atoms with E-state index in [-0.39, 0.29) is 5.56 Å². The van der Waals surface area contributed by atoms with E-state index in [4.69, 9.17) is 0 Å². The molecule has 0 atom stereocenters. The van der Waals surface area contributed by atoms with Crippen LogP contribution in [0.2, 0.25) is 0 Å². The predicted octanol–water partition coefficient (Wildman–Crippen LogP) is 0.705. The molecule has 0 bridgehead atoms. The zero-order valence-electron chi connectivity index (χ0n) is 11.1. The molecular formula is C13H18N4OS. The Balaban J connectivity index is 1.68. The van der Waals surface area contributed by atoms with Crippen LogP contribution in [0.1, 0.15) is 0 Å². The van der Waals surface area contributed by atoms with Crippen LogP contribution in [0, 0.1) is 0 Å². The van der Waals surface area contributed by atoms with Gasteiger partial charge >= 0.3 is 0 Å². The summed E-state index contributed by atoms with van der Waals surface area (Å²) in [5.41, 5.74) is 0.903. The molecule has 0 saturated carbocycles. The summed E-state index contributed by atoms with van der Waals surface area (Å²) in [6.45, 7) is 6.03. The van der Waals surface area contributed by atoms with Gasteiger partial charge in [0.25, 0.3) is 5.56 Å². The Bertz CT molecular complexity index is 612. The molecule has 0 radical (unpaired) electrons. The molecule has 3 rings (SSSR count). The summed E-state index contributed by atoms with van der Waals surface area (Å²) in [5.74, 6) is 0. The van der Waals surface area contributed by atoms with Crippen molar-refractivity contribution >= 4 is 21.6 Å². The molecule has 2 aromatic heterocycles. The quantitative estimate of drug-likeness (QED) is 0.829. The van der Waals surface area contributed by atoms with E-state index in [9.17, 15) is 4.79 Å². The summed E-state index contributed by atoms with van der Waals surface area (Å²) in [4.78, 5) is 21.3. The van der Waals surface area contributed by atoms with Crippen LogP contribution < -0.4 is 5.56 Å². The number of likely N-dealkylation sites (N-methyl/N-ethyl adjacent to an activating group) is 1. The highest BCUT2D eigenvalue weighted by molar-refractivity contribution is 7.17. The van der Waals surface area contributed by atoms with Gasteiger partial charge < -0.3 is 4.90 Å². The number of piperazine rings is 1. The van der Waals surface area contributed by atoms with Crippen LogP contribution >= 0.6 is 11.3 Å². The molecule has 3 heterocycles. The fraction of sp³-hybridized carbons (Fsp3) is 0.538. The van der Waals surface area contributed by atoms with Crippen molar-refractivity contribution in [1.82, 2.24) is 19.4 Å². The smallest absolute Gasteiger partial charge is 0.271 e. The summed E-state index contributed by atoms with van der Waals surface area (Å²) in [6, 6.07) is 1.90. The fourth-order valence-corrected chi connectivity index (χ4v) is 3.15. The summed E-state index contributed by atoms with van der Waals surface area (Å²) < 4.78 is 2.50. The lowest BCUT2D eigenvalue weighted by Crippen LogP contribution is -2.45. The summed E-state index contributed by atoms with van der Waals surface area (Å²) in [6.07, 6.45) is 1.67. The Hall–Kier alpha value is -1.24. The molecule has 6 heteroatoms. The minimum absolute atomic E-state index is 0.0918. The number of thiophene rings is 1. The predicted molar refractivity (Wildman–Crippen MR) is 77.8 cm³/mol. The molecule has 19 heavy (non-hydrogen) atoms. The zero-order chi connectivity index (χ0) is 13.2. The van der Waals surface area contributed by atoms with Gasteiger partial charge in [-0.15, -0.1) is 11.3 Å². The van der Waals surface area contributed by atoms with Crippen molar-refractivity contribution in [3.63, 3.8) is 0 Å². The standard InChI is InChI=1S/C13H18N4OS/c1-15-3-5-16(6-4-15)7-8-17-10-14-11-2-9-19-12(11)13(17)18/h2,9-10H,3-8H2,1H3. The first-order valence-electron chi connectivity index (χ1n) is 6.57. The molecule has 2 aromatic rings. The lowest BCUT2D eigenvalue weighted by Gasteiger charge is -2.32. The number of hydrogen-bond acceptors (Lipinski definition) is 5. The van der Waals surface area contributed by atoms with Crippen molar-refractivity contribution < 1.29 is 0 Å². The van der Waals surface area contributed by atoms with Gasteiger partial charge in [0.2, 0.25) is 0 Å². The van der Waals surface area contributed by atoms with Crippen molar-refractivity contribution in [2.75, 3.05) is 39.8 Å². The van der Waals surface area contributed by atoms with E-state index in [1.165, 1.54) is 11.3 Å². The first kappa shape index (κ1) is 12.8. The molecule has 0 unspecified atom stereocenters. The monoisotopic (exact) mass is 278 g/mol. The fourth-order valence-electron chi connectivity index (χ4n) is 2.36. The van der Waals surface area contributed by atoms with E-state index in [0.717, 1.165) is 49.5 Å². The Kier molecular flexibility index (Phi) is 3.63. The number of hydrogen-bond donors (Lipinski definition) is 0. The van der Waals surface area contributed by atoms with Crippen molar-refractivity contribution in [2.45, 2.75) is 6.54 Å². The van der Waals surface area contributed by atoms with Gasteiger partial charge in [0.15, 0.2) is 0 Å². The number of fused-ring (bicyclic) bond motifs is 1. The highest BCUT2D eigenvalue weighted by Gasteiger charge is 2.13. The van der Waals surface area contributed by atoms with Gasteiger partial charge in [-0.2, -0.15) is 0 Å². The van der Waals surface area contributed by atoms with Gasteiger partial charge in [-0.05, 0) is 18.5 Å². The number of nitrogens with zero attached hydrogens (tertiary/aromatic N) is 4. The molecule has 0 spiro atoms. The second-order valence-corrected chi connectivity index (χ2v) is 5.94. The summed E-state index contributed by atoms with van der Waals surface area (Å²) in [7, 11) is 2.15. The van der Waals surface area contributed by atoms with Crippen LogP contribution in [0.3, 0.4) is 0 Å². The third kappa shape index (κ3) is 2.70. The number of aromatic nitrogens is 2. The Labute approximate surface area is 116 Å². The Morgan fingerprint density at radius 3 is 2.84 bits per heavy atom. The van der Waals surface area contributed by atoms with E-state index in [2.05, 4.69) is 21.8 Å². The average Bonchev–Trinajstić information content (AvgIpc) is 2.89. The van der Waals surface area contributed by atoms with Crippen LogP contribution in [0.25, 0.3) is 10.2 Å². The topological polar surface area (TPSA) is 41.4 Å². The van der Waals surface area contributed by atoms with Crippen molar-refractivity contribution in [3.8, 4) is 0 Å². The van der Waals surface area contributed by atoms with Gasteiger partial charge in [0.05, 0.1) is 11.8 Å². The second kappa shape index (κ2) is 5.40. The molecule has 0 aliphatic carbocycles. The van der Waals surface area contributed by atoms with Crippen molar-refractivity contribution in [2.24, 2.45) is 0 Å². The van der Waals surface area contributed by atoms with E-state index in [1.807, 2.05) is 11.4 Å². The van der Waals surface area contributed by atoms with E-state index >= 15 is 0 Å². The maximum Gasteiger partial charge on any atom is 0.271 e. The van der Waals surface area contributed by atoms with Gasteiger partial charge in [-0.3, -0.25) is 14.3 Å². The lowest BCUT2D eigenvalue weighted by molar-refractivity contribution is 0.149. The molecule has 1 fully saturated rings. The van der Waals surface area contributed by atoms with E-state index < -0.39 is 0 Å². The first-order valence-corrected chi connectivity index (χ1v) is 7.45. The molecule has 1 aliphatic heterocycles. The normalized spacial score (nSPS) is 18.2. The van der Waals surface area contributed by atoms with Crippen molar-refractivity contribution in [1.29, 1.82) is 0 Å². The highest BCUT2D eigenvalue weighted by atomic mass is 32.1.